The van der Waals surface area contributed by atoms with E-state index in [0.29, 0.717) is 12.8 Å². The van der Waals surface area contributed by atoms with Crippen molar-refractivity contribution in [3.05, 3.63) is 0 Å². The first-order valence-electron chi connectivity index (χ1n) is 3.70. The average molecular weight is 148 g/mol. The van der Waals surface area contributed by atoms with Crippen LogP contribution in [-0.2, 0) is 0 Å². The molecule has 0 radical (unpaired) electrons. The third-order valence-corrected chi connectivity index (χ3v) is 2.69. The van der Waals surface area contributed by atoms with Gasteiger partial charge in [-0.3, -0.25) is 0 Å². The molecule has 0 saturated heterocycles. The molecule has 58 valence electrons. The Labute approximate surface area is 58.0 Å². The van der Waals surface area contributed by atoms with Gasteiger partial charge in [-0.05, 0) is 12.8 Å². The summed E-state index contributed by atoms with van der Waals surface area (Å²) < 4.78 is 25.2. The normalized spacial score (nSPS) is 50.1. The van der Waals surface area contributed by atoms with Gasteiger partial charge in [0.05, 0.1) is 12.0 Å². The third-order valence-electron chi connectivity index (χ3n) is 2.69. The Morgan fingerprint density at radius 2 is 2.00 bits per heavy atom. The summed E-state index contributed by atoms with van der Waals surface area (Å²) in [7, 11) is 0. The fraction of sp³-hybridized carbons (Fsp3) is 1.00. The van der Waals surface area contributed by atoms with E-state index in [4.69, 9.17) is 5.11 Å². The van der Waals surface area contributed by atoms with Crippen molar-refractivity contribution in [2.45, 2.75) is 31.3 Å². The molecule has 0 spiro atoms. The average Bonchev–Trinajstić information content (AvgIpc) is 2.38. The largest absolute Gasteiger partial charge is 0.393 e. The summed E-state index contributed by atoms with van der Waals surface area (Å²) in [5, 5.41) is 9.07. The molecule has 3 heteroatoms. The highest BCUT2D eigenvalue weighted by molar-refractivity contribution is 5.10. The topological polar surface area (TPSA) is 20.2 Å². The van der Waals surface area contributed by atoms with Gasteiger partial charge in [-0.25, -0.2) is 8.78 Å². The van der Waals surface area contributed by atoms with Gasteiger partial charge in [0.15, 0.2) is 0 Å². The lowest BCUT2D eigenvalue weighted by Crippen LogP contribution is -2.16. The molecule has 3 atom stereocenters. The van der Waals surface area contributed by atoms with Crippen LogP contribution in [0, 0.1) is 11.8 Å². The number of aliphatic hydroxyl groups is 1. The van der Waals surface area contributed by atoms with E-state index in [1.165, 1.54) is 0 Å². The predicted octanol–water partition coefficient (Wildman–Crippen LogP) is 1.41. The zero-order valence-electron chi connectivity index (χ0n) is 5.56. The van der Waals surface area contributed by atoms with Crippen LogP contribution in [-0.4, -0.2) is 17.1 Å². The van der Waals surface area contributed by atoms with Gasteiger partial charge in [0.2, 0.25) is 0 Å². The first-order valence-corrected chi connectivity index (χ1v) is 3.70. The summed E-state index contributed by atoms with van der Waals surface area (Å²) in [5.41, 5.74) is 0. The van der Waals surface area contributed by atoms with E-state index in [0.717, 1.165) is 6.42 Å². The number of hydrogen-bond acceptors (Lipinski definition) is 1. The minimum atomic E-state index is -2.53. The van der Waals surface area contributed by atoms with Crippen molar-refractivity contribution in [3.63, 3.8) is 0 Å². The first kappa shape index (κ1) is 6.53. The summed E-state index contributed by atoms with van der Waals surface area (Å²) in [6, 6.07) is 0. The van der Waals surface area contributed by atoms with Gasteiger partial charge in [0.25, 0.3) is 5.92 Å². The van der Waals surface area contributed by atoms with E-state index < -0.39 is 23.9 Å². The molecule has 10 heavy (non-hydrogen) atoms. The van der Waals surface area contributed by atoms with Crippen LogP contribution in [0.1, 0.15) is 19.3 Å². The standard InChI is InChI=1S/C7H10F2O/c8-7(9)4-2-1-3-5(10)6(4)7/h4-6,10H,1-3H2/t4-,5-,6+/m1/s1. The van der Waals surface area contributed by atoms with E-state index >= 15 is 0 Å². The van der Waals surface area contributed by atoms with Gasteiger partial charge in [0, 0.05) is 5.92 Å². The maximum Gasteiger partial charge on any atom is 0.257 e. The molecule has 2 rings (SSSR count). The summed E-state index contributed by atoms with van der Waals surface area (Å²) in [6.45, 7) is 0. The van der Waals surface area contributed by atoms with Gasteiger partial charge < -0.3 is 5.11 Å². The molecule has 1 N–H and O–H groups in total. The second kappa shape index (κ2) is 1.70. The maximum atomic E-state index is 12.6. The molecular weight excluding hydrogens is 138 g/mol. The Kier molecular flexibility index (Phi) is 1.11. The van der Waals surface area contributed by atoms with Crippen molar-refractivity contribution in [3.8, 4) is 0 Å². The van der Waals surface area contributed by atoms with Crippen LogP contribution in [0.3, 0.4) is 0 Å². The van der Waals surface area contributed by atoms with Crippen LogP contribution < -0.4 is 0 Å². The summed E-state index contributed by atoms with van der Waals surface area (Å²) >= 11 is 0. The summed E-state index contributed by atoms with van der Waals surface area (Å²) in [6.07, 6.45) is 1.21. The van der Waals surface area contributed by atoms with Gasteiger partial charge in [-0.15, -0.1) is 0 Å². The number of alkyl halides is 2. The van der Waals surface area contributed by atoms with Crippen LogP contribution in [0.2, 0.25) is 0 Å². The lowest BCUT2D eigenvalue weighted by atomic mass is 9.98. The van der Waals surface area contributed by atoms with E-state index in [-0.39, 0.29) is 0 Å². The molecule has 0 heterocycles. The zero-order chi connectivity index (χ0) is 7.35. The Bertz CT molecular complexity index is 158. The second-order valence-electron chi connectivity index (χ2n) is 3.31. The molecule has 0 aliphatic heterocycles. The van der Waals surface area contributed by atoms with Crippen LogP contribution in [0.25, 0.3) is 0 Å². The van der Waals surface area contributed by atoms with Crippen LogP contribution in [0.4, 0.5) is 8.78 Å². The highest BCUT2D eigenvalue weighted by atomic mass is 19.3. The number of rotatable bonds is 0. The quantitative estimate of drug-likeness (QED) is 0.550. The molecular formula is C7H10F2O. The van der Waals surface area contributed by atoms with Crippen molar-refractivity contribution < 1.29 is 13.9 Å². The minimum Gasteiger partial charge on any atom is -0.393 e. The highest BCUT2D eigenvalue weighted by Crippen LogP contribution is 2.62. The SMILES string of the molecule is O[C@@H]1CCC[C@@H]2[C@@H]1C2(F)F. The molecule has 2 saturated carbocycles. The summed E-state index contributed by atoms with van der Waals surface area (Å²) in [4.78, 5) is 0. The molecule has 0 unspecified atom stereocenters. The lowest BCUT2D eigenvalue weighted by molar-refractivity contribution is 0.0466. The fourth-order valence-electron chi connectivity index (χ4n) is 2.04. The number of halogens is 2. The Morgan fingerprint density at radius 1 is 1.30 bits per heavy atom. The molecule has 0 aromatic carbocycles. The number of aliphatic hydroxyl groups excluding tert-OH is 1. The smallest absolute Gasteiger partial charge is 0.257 e. The minimum absolute atomic E-state index is 0.490. The van der Waals surface area contributed by atoms with Gasteiger partial charge in [-0.2, -0.15) is 0 Å². The lowest BCUT2D eigenvalue weighted by Gasteiger charge is -2.12. The Balaban J connectivity index is 2.11. The molecule has 0 amide bonds. The fourth-order valence-corrected chi connectivity index (χ4v) is 2.04. The van der Waals surface area contributed by atoms with Gasteiger partial charge in [0.1, 0.15) is 0 Å². The Hall–Kier alpha value is -0.180. The monoisotopic (exact) mass is 148 g/mol. The van der Waals surface area contributed by atoms with Crippen LogP contribution in [0.15, 0.2) is 0 Å². The molecule has 1 nitrogen and oxygen atoms in total. The summed E-state index contributed by atoms with van der Waals surface area (Å²) in [5.74, 6) is -3.71. The molecule has 2 fully saturated rings. The Morgan fingerprint density at radius 3 is 2.50 bits per heavy atom. The number of fused-ring (bicyclic) bond motifs is 1. The zero-order valence-corrected chi connectivity index (χ0v) is 5.56. The van der Waals surface area contributed by atoms with E-state index in [9.17, 15) is 8.78 Å². The van der Waals surface area contributed by atoms with E-state index in [2.05, 4.69) is 0 Å². The third kappa shape index (κ3) is 0.641. The molecule has 0 bridgehead atoms. The predicted molar refractivity (Wildman–Crippen MR) is 31.8 cm³/mol. The molecule has 0 aromatic rings. The van der Waals surface area contributed by atoms with Crippen LogP contribution in [0.5, 0.6) is 0 Å². The van der Waals surface area contributed by atoms with Crippen molar-refractivity contribution in [2.75, 3.05) is 0 Å². The van der Waals surface area contributed by atoms with Gasteiger partial charge in [-0.1, -0.05) is 6.42 Å². The molecule has 0 aromatic heterocycles. The van der Waals surface area contributed by atoms with Gasteiger partial charge >= 0.3 is 0 Å². The van der Waals surface area contributed by atoms with E-state index in [1.807, 2.05) is 0 Å². The van der Waals surface area contributed by atoms with Crippen LogP contribution >= 0.6 is 0 Å². The molecule has 2 aliphatic rings. The van der Waals surface area contributed by atoms with Crippen molar-refractivity contribution >= 4 is 0 Å². The second-order valence-corrected chi connectivity index (χ2v) is 3.31. The highest BCUT2D eigenvalue weighted by Gasteiger charge is 2.71. The maximum absolute atomic E-state index is 12.6. The van der Waals surface area contributed by atoms with E-state index in [1.54, 1.807) is 0 Å². The first-order chi connectivity index (χ1) is 4.64. The number of hydrogen-bond donors (Lipinski definition) is 1. The molecule has 2 aliphatic carbocycles. The van der Waals surface area contributed by atoms with Crippen molar-refractivity contribution in [2.24, 2.45) is 11.8 Å². The van der Waals surface area contributed by atoms with Crippen molar-refractivity contribution in [1.82, 2.24) is 0 Å². The van der Waals surface area contributed by atoms with Crippen molar-refractivity contribution in [1.29, 1.82) is 0 Å².